The Morgan fingerprint density at radius 1 is 1.13 bits per heavy atom. The van der Waals surface area contributed by atoms with Crippen molar-refractivity contribution >= 4 is 32.8 Å². The summed E-state index contributed by atoms with van der Waals surface area (Å²) in [7, 11) is 1.31. The lowest BCUT2D eigenvalue weighted by atomic mass is 10.3. The molecule has 0 fully saturated rings. The van der Waals surface area contributed by atoms with Crippen LogP contribution >= 0.6 is 0 Å². The van der Waals surface area contributed by atoms with Crippen LogP contribution in [0.1, 0.15) is 18.4 Å². The van der Waals surface area contributed by atoms with Crippen molar-refractivity contribution in [1.82, 2.24) is 23.7 Å². The molecule has 0 unspecified atom stereocenters. The summed E-state index contributed by atoms with van der Waals surface area (Å²) in [5.74, 6) is 1.12. The molecule has 1 aromatic carbocycles. The Morgan fingerprint density at radius 2 is 1.87 bits per heavy atom. The van der Waals surface area contributed by atoms with Gasteiger partial charge in [-0.3, -0.25) is 9.69 Å². The van der Waals surface area contributed by atoms with E-state index in [4.69, 9.17) is 0 Å². The summed E-state index contributed by atoms with van der Waals surface area (Å²) in [4.78, 5) is 23.4. The minimum atomic E-state index is -3.54. The molecule has 3 aromatic rings. The first-order valence-corrected chi connectivity index (χ1v) is 11.4. The molecule has 10 heteroatoms. The highest BCUT2D eigenvalue weighted by Crippen LogP contribution is 2.22. The number of benzene rings is 1. The van der Waals surface area contributed by atoms with Crippen LogP contribution in [0.3, 0.4) is 0 Å². The lowest BCUT2D eigenvalue weighted by Gasteiger charge is -2.16. The van der Waals surface area contributed by atoms with Crippen molar-refractivity contribution < 1.29 is 13.2 Å². The Morgan fingerprint density at radius 3 is 2.52 bits per heavy atom. The average molecular weight is 445 g/mol. The number of hydrogen-bond acceptors (Lipinski definition) is 6. The second kappa shape index (κ2) is 9.13. The summed E-state index contributed by atoms with van der Waals surface area (Å²) in [6, 6.07) is 10.4. The van der Waals surface area contributed by atoms with Gasteiger partial charge in [-0.1, -0.05) is 6.07 Å². The summed E-state index contributed by atoms with van der Waals surface area (Å²) >= 11 is 0. The Labute approximate surface area is 182 Å². The zero-order valence-corrected chi connectivity index (χ0v) is 19.3. The Bertz CT molecular complexity index is 1200. The maximum Gasteiger partial charge on any atom is 0.242 e. The van der Waals surface area contributed by atoms with Crippen LogP contribution in [0.25, 0.3) is 11.0 Å². The van der Waals surface area contributed by atoms with E-state index >= 15 is 0 Å². The first-order valence-electron chi connectivity index (χ1n) is 9.95. The van der Waals surface area contributed by atoms with Crippen LogP contribution in [0, 0.1) is 6.92 Å². The smallest absolute Gasteiger partial charge is 0.242 e. The van der Waals surface area contributed by atoms with Gasteiger partial charge in [0.1, 0.15) is 11.6 Å². The zero-order chi connectivity index (χ0) is 22.8. The molecule has 1 amide bonds. The summed E-state index contributed by atoms with van der Waals surface area (Å²) < 4.78 is 28.1. The third-order valence-electron chi connectivity index (χ3n) is 4.87. The lowest BCUT2D eigenvalue weighted by molar-refractivity contribution is -0.117. The predicted molar refractivity (Wildman–Crippen MR) is 120 cm³/mol. The lowest BCUT2D eigenvalue weighted by Crippen LogP contribution is -2.31. The second-order valence-electron chi connectivity index (χ2n) is 7.59. The highest BCUT2D eigenvalue weighted by molar-refractivity contribution is 7.89. The summed E-state index contributed by atoms with van der Waals surface area (Å²) in [5, 5.41) is 2.80. The quantitative estimate of drug-likeness (QED) is 0.571. The van der Waals surface area contributed by atoms with Crippen molar-refractivity contribution in [3.63, 3.8) is 0 Å². The number of carbonyl (C=O) groups excluding carboxylic acids is 1. The highest BCUT2D eigenvalue weighted by Gasteiger charge is 2.20. The molecule has 0 radical (unpaired) electrons. The monoisotopic (exact) mass is 444 g/mol. The number of likely N-dealkylation sites (N-methyl/N-ethyl adjacent to an activating group) is 1. The first-order chi connectivity index (χ1) is 14.6. The molecule has 1 N–H and O–H groups in total. The second-order valence-corrected chi connectivity index (χ2v) is 9.75. The molecule has 3 rings (SSSR count). The number of fused-ring (bicyclic) bond motifs is 1. The molecule has 0 spiro atoms. The fourth-order valence-electron chi connectivity index (χ4n) is 3.34. The van der Waals surface area contributed by atoms with E-state index < -0.39 is 10.0 Å². The van der Waals surface area contributed by atoms with Crippen LogP contribution < -0.4 is 5.32 Å². The van der Waals surface area contributed by atoms with Crippen LogP contribution in [-0.4, -0.2) is 65.8 Å². The van der Waals surface area contributed by atoms with E-state index in [9.17, 15) is 13.2 Å². The number of rotatable bonds is 8. The van der Waals surface area contributed by atoms with Crippen molar-refractivity contribution in [2.45, 2.75) is 31.8 Å². The van der Waals surface area contributed by atoms with Gasteiger partial charge in [0.15, 0.2) is 0 Å². The zero-order valence-electron chi connectivity index (χ0n) is 18.5. The summed E-state index contributed by atoms with van der Waals surface area (Å²) in [5.41, 5.74) is 2.30. The molecule has 0 saturated heterocycles. The van der Waals surface area contributed by atoms with Crippen molar-refractivity contribution in [2.75, 3.05) is 33.0 Å². The molecule has 0 saturated carbocycles. The fourth-order valence-corrected chi connectivity index (χ4v) is 4.26. The van der Waals surface area contributed by atoms with E-state index in [-0.39, 0.29) is 17.3 Å². The number of imidazole rings is 1. The van der Waals surface area contributed by atoms with Crippen molar-refractivity contribution in [3.05, 3.63) is 47.9 Å². The molecule has 31 heavy (non-hydrogen) atoms. The third kappa shape index (κ3) is 5.09. The minimum Gasteiger partial charge on any atom is -0.327 e. The summed E-state index contributed by atoms with van der Waals surface area (Å²) in [6.07, 6.45) is 0. The molecular weight excluding hydrogens is 416 g/mol. The standard InChI is InChI=1S/C21H28N6O3S/c1-6-27-18-11-10-16(31(29,30)25(3)4)12-17(18)23-20(27)13-26(5)14-21(28)24-19-9-7-8-15(2)22-19/h7-12H,6,13-14H2,1-5H3,(H,22,24,28). The SMILES string of the molecule is CCn1c(CN(C)CC(=O)Nc2cccc(C)n2)nc2cc(S(=O)(=O)N(C)C)ccc21. The Kier molecular flexibility index (Phi) is 6.73. The van der Waals surface area contributed by atoms with Gasteiger partial charge in [0.2, 0.25) is 15.9 Å². The molecule has 0 aliphatic carbocycles. The Hall–Kier alpha value is -2.82. The van der Waals surface area contributed by atoms with Crippen LogP contribution in [-0.2, 0) is 27.9 Å². The molecular formula is C21H28N6O3S. The average Bonchev–Trinajstić information content (AvgIpc) is 3.03. The van der Waals surface area contributed by atoms with Crippen LogP contribution in [0.4, 0.5) is 5.82 Å². The number of anilines is 1. The van der Waals surface area contributed by atoms with Gasteiger partial charge in [-0.25, -0.2) is 22.7 Å². The number of carbonyl (C=O) groups is 1. The number of pyridine rings is 1. The van der Waals surface area contributed by atoms with Gasteiger partial charge in [-0.2, -0.15) is 0 Å². The van der Waals surface area contributed by atoms with Crippen LogP contribution in [0.15, 0.2) is 41.3 Å². The van der Waals surface area contributed by atoms with Crippen molar-refractivity contribution in [2.24, 2.45) is 0 Å². The molecule has 0 aliphatic heterocycles. The number of sulfonamides is 1. The molecule has 166 valence electrons. The van der Waals surface area contributed by atoms with Gasteiger partial charge in [-0.05, 0) is 51.2 Å². The first kappa shape index (κ1) is 22.9. The highest BCUT2D eigenvalue weighted by atomic mass is 32.2. The molecule has 2 aromatic heterocycles. The number of aryl methyl sites for hydroxylation is 2. The predicted octanol–water partition coefficient (Wildman–Crippen LogP) is 2.08. The number of amides is 1. The van der Waals surface area contributed by atoms with Crippen LogP contribution in [0.5, 0.6) is 0 Å². The number of aromatic nitrogens is 3. The molecule has 2 heterocycles. The van der Waals surface area contributed by atoms with E-state index in [0.717, 1.165) is 17.0 Å². The largest absolute Gasteiger partial charge is 0.327 e. The van der Waals surface area contributed by atoms with Gasteiger partial charge in [0.25, 0.3) is 0 Å². The van der Waals surface area contributed by atoms with Gasteiger partial charge in [0, 0.05) is 26.3 Å². The number of nitrogens with one attached hydrogen (secondary N) is 1. The van der Waals surface area contributed by atoms with E-state index in [1.54, 1.807) is 24.3 Å². The maximum atomic E-state index is 12.4. The molecule has 0 aliphatic rings. The van der Waals surface area contributed by atoms with E-state index in [2.05, 4.69) is 15.3 Å². The topological polar surface area (TPSA) is 100 Å². The van der Waals surface area contributed by atoms with Gasteiger partial charge < -0.3 is 9.88 Å². The van der Waals surface area contributed by atoms with Crippen LogP contribution in [0.2, 0.25) is 0 Å². The summed E-state index contributed by atoms with van der Waals surface area (Å²) in [6.45, 7) is 5.16. The molecule has 9 nitrogen and oxygen atoms in total. The minimum absolute atomic E-state index is 0.167. The van der Waals surface area contributed by atoms with Crippen molar-refractivity contribution in [1.29, 1.82) is 0 Å². The van der Waals surface area contributed by atoms with Gasteiger partial charge >= 0.3 is 0 Å². The van der Waals surface area contributed by atoms with Crippen molar-refractivity contribution in [3.8, 4) is 0 Å². The van der Waals surface area contributed by atoms with E-state index in [1.165, 1.54) is 18.4 Å². The maximum absolute atomic E-state index is 12.4. The number of nitrogens with zero attached hydrogens (tertiary/aromatic N) is 5. The Balaban J connectivity index is 1.77. The fraction of sp³-hybridized carbons (Fsp3) is 0.381. The normalized spacial score (nSPS) is 12.1. The van der Waals surface area contributed by atoms with Gasteiger partial charge in [0.05, 0.1) is 29.0 Å². The number of hydrogen-bond donors (Lipinski definition) is 1. The van der Waals surface area contributed by atoms with E-state index in [1.807, 2.05) is 42.5 Å². The molecule has 0 bridgehead atoms. The third-order valence-corrected chi connectivity index (χ3v) is 6.69. The molecule has 0 atom stereocenters. The van der Waals surface area contributed by atoms with Gasteiger partial charge in [-0.15, -0.1) is 0 Å². The van der Waals surface area contributed by atoms with E-state index in [0.29, 0.717) is 24.4 Å².